The fourth-order valence-electron chi connectivity index (χ4n) is 2.93. The minimum absolute atomic E-state index is 0.121. The molecule has 1 amide bonds. The summed E-state index contributed by atoms with van der Waals surface area (Å²) in [5.74, 6) is 0.596. The molecule has 0 aromatic carbocycles. The second-order valence-electron chi connectivity index (χ2n) is 5.96. The van der Waals surface area contributed by atoms with Crippen LogP contribution < -0.4 is 10.6 Å². The lowest BCUT2D eigenvalue weighted by atomic mass is 9.83. The number of nitrogens with one attached hydrogen (secondary N) is 2. The number of carbonyl (C=O) groups excluding carboxylic acids is 1. The highest BCUT2D eigenvalue weighted by Gasteiger charge is 2.32. The highest BCUT2D eigenvalue weighted by molar-refractivity contribution is 5.92. The van der Waals surface area contributed by atoms with Crippen molar-refractivity contribution in [1.82, 2.24) is 15.3 Å². The normalized spacial score (nSPS) is 16.7. The molecule has 1 aromatic heterocycles. The van der Waals surface area contributed by atoms with Gasteiger partial charge in [-0.25, -0.2) is 9.97 Å². The monoisotopic (exact) mass is 290 g/mol. The van der Waals surface area contributed by atoms with E-state index in [0.29, 0.717) is 16.9 Å². The molecule has 0 saturated heterocycles. The Bertz CT molecular complexity index is 452. The van der Waals surface area contributed by atoms with Crippen molar-refractivity contribution in [3.05, 3.63) is 18.1 Å². The second-order valence-corrected chi connectivity index (χ2v) is 5.96. The molecule has 2 rings (SSSR count). The average molecular weight is 290 g/mol. The van der Waals surface area contributed by atoms with Crippen molar-refractivity contribution in [3.63, 3.8) is 0 Å². The highest BCUT2D eigenvalue weighted by Crippen LogP contribution is 2.40. The third-order valence-electron chi connectivity index (χ3n) is 4.48. The Morgan fingerprint density at radius 3 is 2.57 bits per heavy atom. The zero-order valence-corrected chi connectivity index (χ0v) is 13.1. The van der Waals surface area contributed by atoms with E-state index in [1.165, 1.54) is 25.7 Å². The maximum atomic E-state index is 12.2. The SMILES string of the molecule is CCCNc1cnc(C(=O)NCC2(CC)CCCC2)cn1. The van der Waals surface area contributed by atoms with Crippen LogP contribution in [-0.4, -0.2) is 29.0 Å². The molecule has 1 aromatic rings. The number of carbonyl (C=O) groups is 1. The Labute approximate surface area is 127 Å². The number of hydrogen-bond donors (Lipinski definition) is 2. The van der Waals surface area contributed by atoms with Crippen LogP contribution >= 0.6 is 0 Å². The largest absolute Gasteiger partial charge is 0.369 e. The van der Waals surface area contributed by atoms with Crippen LogP contribution in [0.3, 0.4) is 0 Å². The Balaban J connectivity index is 1.88. The zero-order valence-electron chi connectivity index (χ0n) is 13.1. The van der Waals surface area contributed by atoms with Gasteiger partial charge in [0, 0.05) is 13.1 Å². The quantitative estimate of drug-likeness (QED) is 0.810. The molecule has 0 spiro atoms. The third-order valence-corrected chi connectivity index (χ3v) is 4.48. The van der Waals surface area contributed by atoms with Crippen molar-refractivity contribution in [1.29, 1.82) is 0 Å². The highest BCUT2D eigenvalue weighted by atomic mass is 16.1. The number of nitrogens with zero attached hydrogens (tertiary/aromatic N) is 2. The van der Waals surface area contributed by atoms with E-state index in [0.717, 1.165) is 25.9 Å². The summed E-state index contributed by atoms with van der Waals surface area (Å²) in [7, 11) is 0. The van der Waals surface area contributed by atoms with Gasteiger partial charge in [-0.05, 0) is 31.1 Å². The van der Waals surface area contributed by atoms with Crippen LogP contribution in [0.5, 0.6) is 0 Å². The van der Waals surface area contributed by atoms with Crippen LogP contribution in [0.4, 0.5) is 5.82 Å². The van der Waals surface area contributed by atoms with Crippen molar-refractivity contribution in [2.75, 3.05) is 18.4 Å². The predicted octanol–water partition coefficient (Wildman–Crippen LogP) is 3.00. The molecule has 0 aliphatic heterocycles. The molecule has 2 N–H and O–H groups in total. The summed E-state index contributed by atoms with van der Waals surface area (Å²) in [5, 5.41) is 6.18. The fourth-order valence-corrected chi connectivity index (χ4v) is 2.93. The lowest BCUT2D eigenvalue weighted by molar-refractivity contribution is 0.0923. The molecule has 0 unspecified atom stereocenters. The summed E-state index contributed by atoms with van der Waals surface area (Å²) >= 11 is 0. The number of rotatable bonds is 7. The molecule has 1 aliphatic carbocycles. The van der Waals surface area contributed by atoms with E-state index in [2.05, 4.69) is 34.4 Å². The second kappa shape index (κ2) is 7.38. The van der Waals surface area contributed by atoms with Gasteiger partial charge in [0.15, 0.2) is 0 Å². The van der Waals surface area contributed by atoms with Gasteiger partial charge in [-0.15, -0.1) is 0 Å². The minimum Gasteiger partial charge on any atom is -0.369 e. The van der Waals surface area contributed by atoms with Gasteiger partial charge in [0.2, 0.25) is 0 Å². The first-order valence-electron chi connectivity index (χ1n) is 8.03. The molecule has 116 valence electrons. The molecule has 5 heteroatoms. The Morgan fingerprint density at radius 1 is 1.24 bits per heavy atom. The number of amides is 1. The van der Waals surface area contributed by atoms with Gasteiger partial charge in [0.05, 0.1) is 12.4 Å². The lowest BCUT2D eigenvalue weighted by Gasteiger charge is -2.27. The molecule has 0 bridgehead atoms. The van der Waals surface area contributed by atoms with Crippen molar-refractivity contribution in [3.8, 4) is 0 Å². The maximum absolute atomic E-state index is 12.2. The topological polar surface area (TPSA) is 66.9 Å². The van der Waals surface area contributed by atoms with Crippen molar-refractivity contribution >= 4 is 11.7 Å². The molecule has 0 atom stereocenters. The molecule has 1 heterocycles. The van der Waals surface area contributed by atoms with Crippen molar-refractivity contribution < 1.29 is 4.79 Å². The minimum atomic E-state index is -0.121. The van der Waals surface area contributed by atoms with Crippen LogP contribution in [0.25, 0.3) is 0 Å². The molecular formula is C16H26N4O. The van der Waals surface area contributed by atoms with Gasteiger partial charge in [-0.2, -0.15) is 0 Å². The molecule has 1 fully saturated rings. The van der Waals surface area contributed by atoms with Crippen LogP contribution in [0, 0.1) is 5.41 Å². The van der Waals surface area contributed by atoms with E-state index in [4.69, 9.17) is 0 Å². The number of anilines is 1. The van der Waals surface area contributed by atoms with E-state index in [-0.39, 0.29) is 5.91 Å². The maximum Gasteiger partial charge on any atom is 0.271 e. The van der Waals surface area contributed by atoms with E-state index < -0.39 is 0 Å². The van der Waals surface area contributed by atoms with Crippen LogP contribution in [-0.2, 0) is 0 Å². The number of aromatic nitrogens is 2. The fraction of sp³-hybridized carbons (Fsp3) is 0.688. The molecule has 1 saturated carbocycles. The first kappa shape index (κ1) is 15.7. The van der Waals surface area contributed by atoms with E-state index in [9.17, 15) is 4.79 Å². The summed E-state index contributed by atoms with van der Waals surface area (Å²) in [6, 6.07) is 0. The van der Waals surface area contributed by atoms with Crippen LogP contribution in [0.2, 0.25) is 0 Å². The Hall–Kier alpha value is -1.65. The van der Waals surface area contributed by atoms with Gasteiger partial charge in [0.25, 0.3) is 5.91 Å². The third kappa shape index (κ3) is 4.16. The molecular weight excluding hydrogens is 264 g/mol. The summed E-state index contributed by atoms with van der Waals surface area (Å²) in [5.41, 5.74) is 0.687. The Morgan fingerprint density at radius 2 is 2.00 bits per heavy atom. The average Bonchev–Trinajstić information content (AvgIpc) is 3.00. The van der Waals surface area contributed by atoms with Crippen molar-refractivity contribution in [2.24, 2.45) is 5.41 Å². The molecule has 1 aliphatic rings. The van der Waals surface area contributed by atoms with E-state index >= 15 is 0 Å². The Kier molecular flexibility index (Phi) is 5.53. The van der Waals surface area contributed by atoms with Crippen LogP contribution in [0.1, 0.15) is 62.9 Å². The first-order valence-corrected chi connectivity index (χ1v) is 8.03. The van der Waals surface area contributed by atoms with Crippen molar-refractivity contribution in [2.45, 2.75) is 52.4 Å². The first-order chi connectivity index (χ1) is 10.2. The standard InChI is InChI=1S/C16H26N4O/c1-3-9-17-14-11-18-13(10-19-14)15(21)20-12-16(4-2)7-5-6-8-16/h10-11H,3-9,12H2,1-2H3,(H,17,19)(H,20,21). The molecule has 21 heavy (non-hydrogen) atoms. The van der Waals surface area contributed by atoms with Gasteiger partial charge in [-0.1, -0.05) is 26.7 Å². The van der Waals surface area contributed by atoms with Gasteiger partial charge in [-0.3, -0.25) is 4.79 Å². The predicted molar refractivity (Wildman–Crippen MR) is 84.3 cm³/mol. The van der Waals surface area contributed by atoms with E-state index in [1.807, 2.05) is 0 Å². The van der Waals surface area contributed by atoms with Gasteiger partial charge in [0.1, 0.15) is 11.5 Å². The summed E-state index contributed by atoms with van der Waals surface area (Å²) in [4.78, 5) is 20.6. The van der Waals surface area contributed by atoms with E-state index in [1.54, 1.807) is 12.4 Å². The molecule has 0 radical (unpaired) electrons. The smallest absolute Gasteiger partial charge is 0.271 e. The summed E-state index contributed by atoms with van der Waals surface area (Å²) in [6.07, 6.45) is 10.3. The lowest BCUT2D eigenvalue weighted by Crippen LogP contribution is -2.36. The summed E-state index contributed by atoms with van der Waals surface area (Å²) in [6.45, 7) is 5.92. The number of hydrogen-bond acceptors (Lipinski definition) is 4. The van der Waals surface area contributed by atoms with Crippen LogP contribution in [0.15, 0.2) is 12.4 Å². The summed E-state index contributed by atoms with van der Waals surface area (Å²) < 4.78 is 0. The van der Waals surface area contributed by atoms with Gasteiger partial charge < -0.3 is 10.6 Å². The molecule has 5 nitrogen and oxygen atoms in total. The zero-order chi connectivity index (χ0) is 15.1. The van der Waals surface area contributed by atoms with Gasteiger partial charge >= 0.3 is 0 Å².